The van der Waals surface area contributed by atoms with Gasteiger partial charge in [0.1, 0.15) is 22.8 Å². The van der Waals surface area contributed by atoms with Crippen molar-refractivity contribution in [3.05, 3.63) is 220 Å². The number of ether oxygens (including phenoxy) is 4. The van der Waals surface area contributed by atoms with Gasteiger partial charge in [0, 0.05) is 86.9 Å². The van der Waals surface area contributed by atoms with E-state index in [0.717, 1.165) is 130 Å². The number of nitrogens with zero attached hydrogens (tertiary/aromatic N) is 6. The number of carboxylic acids is 1. The van der Waals surface area contributed by atoms with Crippen LogP contribution in [0.4, 0.5) is 65.9 Å². The largest absolute Gasteiger partial charge is 0.478 e. The molecular formula is C75H70F15N7O10. The first-order valence-corrected chi connectivity index (χ1v) is 33.5. The number of esters is 1. The van der Waals surface area contributed by atoms with Gasteiger partial charge in [0.2, 0.25) is 16.8 Å². The van der Waals surface area contributed by atoms with Gasteiger partial charge in [-0.15, -0.1) is 0 Å². The predicted molar refractivity (Wildman–Crippen MR) is 355 cm³/mol. The zero-order valence-electron chi connectivity index (χ0n) is 57.4. The van der Waals surface area contributed by atoms with Crippen LogP contribution in [-0.2, 0) is 69.5 Å². The standard InChI is InChI=1S/C31H26F6N4O3.C24H24F6N2O4.C20H20F3NO3/c32-30(33,34)19-6-8-20(9-7-19)44-29(28(43)40-15-11-22-21-4-1-2-5-25(21)39-26(22)17-40)12-3-14-41(18-29)27(42)23-16-38-13-10-24(23)31(35,36)37;1-21(2,3)36-20(34)22(35-16-7-5-15(6-8-16)23(25,26)27)10-4-12-32(14-22)19(33)17-13-31-11-9-18(17)24(28,29)30;21-20(22,23)16-7-9-17(10-8-16)27-19(18(25)26)11-4-12-24(14-19)13-15-5-2-1-3-6-15/h1-2,4-10,13,16,39H,3,11-12,14-15,17-18H2;5-9,11,13H,4,10,12,14H2,1-3H3;1-3,5-10H,4,11-14H2,(H,25,26). The monoisotopic (exact) mass is 1510 g/mol. The molecule has 3 unspecified atom stereocenters. The van der Waals surface area contributed by atoms with E-state index >= 15 is 0 Å². The maximum Gasteiger partial charge on any atom is 0.417 e. The first-order valence-electron chi connectivity index (χ1n) is 33.5. The van der Waals surface area contributed by atoms with Crippen LogP contribution >= 0.6 is 0 Å². The highest BCUT2D eigenvalue weighted by molar-refractivity contribution is 5.98. The summed E-state index contributed by atoms with van der Waals surface area (Å²) in [5, 5.41) is 10.8. The van der Waals surface area contributed by atoms with Crippen molar-refractivity contribution in [2.24, 2.45) is 0 Å². The Morgan fingerprint density at radius 2 is 0.916 bits per heavy atom. The number of hydrogen-bond donors (Lipinski definition) is 2. The molecule has 3 fully saturated rings. The van der Waals surface area contributed by atoms with Gasteiger partial charge in [0.25, 0.3) is 17.7 Å². The first kappa shape index (κ1) is 79.2. The van der Waals surface area contributed by atoms with E-state index in [0.29, 0.717) is 44.5 Å². The number of H-pyrrole nitrogens is 1. The number of halogens is 15. The lowest BCUT2D eigenvalue weighted by Crippen LogP contribution is -2.62. The van der Waals surface area contributed by atoms with Gasteiger partial charge in [-0.2, -0.15) is 65.9 Å². The molecule has 0 saturated carbocycles. The number of likely N-dealkylation sites (tertiary alicyclic amines) is 3. The molecule has 8 aromatic rings. The van der Waals surface area contributed by atoms with Crippen molar-refractivity contribution >= 4 is 40.6 Å². The Labute approximate surface area is 602 Å². The lowest BCUT2D eigenvalue weighted by atomic mass is 9.89. The molecule has 3 atom stereocenters. The highest BCUT2D eigenvalue weighted by atomic mass is 19.4. The number of para-hydroxylation sites is 1. The molecule has 5 aromatic carbocycles. The molecule has 0 bridgehead atoms. The van der Waals surface area contributed by atoms with E-state index in [9.17, 15) is 94.9 Å². The third-order valence-corrected chi connectivity index (χ3v) is 18.2. The Balaban J connectivity index is 0.000000177. The number of carboxylic acid groups (broad SMARTS) is 1. The smallest absolute Gasteiger partial charge is 0.417 e. The maximum absolute atomic E-state index is 14.3. The SMILES string of the molecule is CC(C)(C)OC(=O)C1(Oc2ccc(C(F)(F)F)cc2)CCCN(C(=O)c2cnccc2C(F)(F)F)C1.O=C(O)C1(Oc2ccc(C(F)(F)F)cc2)CCCN(Cc2ccccc2)C1.O=C(c1cnccc1C(F)(F)F)N1CCCC(Oc2ccc(C(F)(F)F)cc2)(C(=O)N2CCc3c([nH]c4ccccc34)C2)C1. The fourth-order valence-corrected chi connectivity index (χ4v) is 13.2. The lowest BCUT2D eigenvalue weighted by molar-refractivity contribution is -0.178. The fraction of sp³-hybridized carbons (Fsp3) is 0.373. The van der Waals surface area contributed by atoms with Crippen molar-refractivity contribution in [3.8, 4) is 17.2 Å². The quantitative estimate of drug-likeness (QED) is 0.0818. The molecule has 3 aromatic heterocycles. The fourth-order valence-electron chi connectivity index (χ4n) is 13.2. The molecule has 570 valence electrons. The van der Waals surface area contributed by atoms with E-state index in [1.165, 1.54) is 12.1 Å². The second-order valence-electron chi connectivity index (χ2n) is 27.1. The predicted octanol–water partition coefficient (Wildman–Crippen LogP) is 16.0. The summed E-state index contributed by atoms with van der Waals surface area (Å²) in [5.74, 6) is -4.53. The Morgan fingerprint density at radius 1 is 0.486 bits per heavy atom. The number of carbonyl (C=O) groups is 5. The second kappa shape index (κ2) is 31.2. The van der Waals surface area contributed by atoms with Gasteiger partial charge >= 0.3 is 42.8 Å². The number of pyridine rings is 2. The first-order chi connectivity index (χ1) is 50.2. The van der Waals surface area contributed by atoms with Gasteiger partial charge in [-0.25, -0.2) is 9.59 Å². The third-order valence-electron chi connectivity index (χ3n) is 18.2. The molecular weight excluding hydrogens is 1440 g/mol. The topological polar surface area (TPSA) is 197 Å². The zero-order valence-corrected chi connectivity index (χ0v) is 57.4. The highest BCUT2D eigenvalue weighted by Crippen LogP contribution is 2.41. The van der Waals surface area contributed by atoms with Crippen LogP contribution in [-0.4, -0.2) is 138 Å². The summed E-state index contributed by atoms with van der Waals surface area (Å²) in [7, 11) is 0. The number of hydrogen-bond acceptors (Lipinski definition) is 12. The summed E-state index contributed by atoms with van der Waals surface area (Å²) >= 11 is 0. The summed E-state index contributed by atoms with van der Waals surface area (Å²) in [4.78, 5) is 82.6. The van der Waals surface area contributed by atoms with Gasteiger partial charge < -0.3 is 43.7 Å². The Hall–Kier alpha value is -10.4. The van der Waals surface area contributed by atoms with Crippen LogP contribution in [0.25, 0.3) is 10.9 Å². The van der Waals surface area contributed by atoms with E-state index < -0.39 is 135 Å². The van der Waals surface area contributed by atoms with Crippen molar-refractivity contribution in [2.75, 3.05) is 45.8 Å². The van der Waals surface area contributed by atoms with Gasteiger partial charge in [0.15, 0.2) is 0 Å². The number of carbonyl (C=O) groups excluding carboxylic acids is 4. The molecule has 0 spiro atoms. The minimum atomic E-state index is -4.82. The number of amides is 3. The molecule has 0 aliphatic carbocycles. The zero-order chi connectivity index (χ0) is 77.7. The van der Waals surface area contributed by atoms with Gasteiger partial charge in [-0.1, -0.05) is 48.5 Å². The number of fused-ring (bicyclic) bond motifs is 3. The van der Waals surface area contributed by atoms with Crippen molar-refractivity contribution in [3.63, 3.8) is 0 Å². The summed E-state index contributed by atoms with van der Waals surface area (Å²) in [6.45, 7) is 5.94. The second-order valence-corrected chi connectivity index (χ2v) is 27.1. The van der Waals surface area contributed by atoms with E-state index in [1.54, 1.807) is 25.7 Å². The summed E-state index contributed by atoms with van der Waals surface area (Å²) < 4.78 is 221. The Bertz CT molecular complexity index is 4470. The number of alkyl halides is 15. The molecule has 3 amide bonds. The number of aromatic nitrogens is 3. The molecule has 12 rings (SSSR count). The van der Waals surface area contributed by atoms with E-state index in [2.05, 4.69) is 15.0 Å². The van der Waals surface area contributed by atoms with E-state index in [1.807, 2.05) is 59.5 Å². The van der Waals surface area contributed by atoms with Crippen LogP contribution in [0.1, 0.15) is 125 Å². The molecule has 3 saturated heterocycles. The Morgan fingerprint density at radius 3 is 1.38 bits per heavy atom. The molecule has 17 nitrogen and oxygen atoms in total. The lowest BCUT2D eigenvalue weighted by Gasteiger charge is -2.44. The minimum Gasteiger partial charge on any atom is -0.478 e. The van der Waals surface area contributed by atoms with Crippen LogP contribution in [0.2, 0.25) is 0 Å². The number of nitrogens with one attached hydrogen (secondary N) is 1. The number of rotatable bonds is 13. The van der Waals surface area contributed by atoms with Crippen LogP contribution < -0.4 is 14.2 Å². The number of aliphatic carboxylic acids is 1. The molecule has 7 heterocycles. The van der Waals surface area contributed by atoms with Crippen molar-refractivity contribution in [1.82, 2.24) is 34.6 Å². The number of piperidine rings is 3. The molecule has 4 aliphatic rings. The van der Waals surface area contributed by atoms with Gasteiger partial charge in [-0.05, 0) is 162 Å². The molecule has 2 N–H and O–H groups in total. The van der Waals surface area contributed by atoms with E-state index in [-0.39, 0.29) is 69.1 Å². The molecule has 32 heteroatoms. The molecule has 0 radical (unpaired) electrons. The maximum atomic E-state index is 14.3. The van der Waals surface area contributed by atoms with Crippen LogP contribution in [0, 0.1) is 0 Å². The minimum absolute atomic E-state index is 0.0197. The van der Waals surface area contributed by atoms with Gasteiger partial charge in [0.05, 0.1) is 58.6 Å². The Kier molecular flexibility index (Phi) is 23.1. The van der Waals surface area contributed by atoms with Crippen molar-refractivity contribution in [2.45, 2.75) is 132 Å². The molecule has 4 aliphatic heterocycles. The summed E-state index contributed by atoms with van der Waals surface area (Å²) in [6, 6.07) is 30.3. The number of aromatic amines is 1. The third kappa shape index (κ3) is 19.1. The normalized spacial score (nSPS) is 19.6. The van der Waals surface area contributed by atoms with Crippen molar-refractivity contribution in [1.29, 1.82) is 0 Å². The van der Waals surface area contributed by atoms with Crippen molar-refractivity contribution < 1.29 is 114 Å². The van der Waals surface area contributed by atoms with Crippen LogP contribution in [0.5, 0.6) is 17.2 Å². The number of benzene rings is 5. The summed E-state index contributed by atoms with van der Waals surface area (Å²) in [5.41, 5.74) is -8.57. The van der Waals surface area contributed by atoms with Crippen LogP contribution in [0.3, 0.4) is 0 Å². The average Bonchev–Trinajstić information content (AvgIpc) is 1.73. The van der Waals surface area contributed by atoms with Crippen LogP contribution in [0.15, 0.2) is 164 Å². The van der Waals surface area contributed by atoms with E-state index in [4.69, 9.17) is 18.9 Å². The summed E-state index contributed by atoms with van der Waals surface area (Å²) in [6.07, 6.45) is -17.9. The van der Waals surface area contributed by atoms with Gasteiger partial charge in [-0.3, -0.25) is 29.3 Å². The molecule has 107 heavy (non-hydrogen) atoms. The average molecular weight is 1510 g/mol. The highest BCUT2D eigenvalue weighted by Gasteiger charge is 2.52.